The molecule has 1 N–H and O–H groups in total. The summed E-state index contributed by atoms with van der Waals surface area (Å²) in [5.41, 5.74) is 0.978. The van der Waals surface area contributed by atoms with Crippen LogP contribution in [0.15, 0.2) is 25.0 Å². The van der Waals surface area contributed by atoms with Crippen LogP contribution >= 0.6 is 0 Å². The second kappa shape index (κ2) is 7.82. The predicted molar refractivity (Wildman–Crippen MR) is 76.7 cm³/mol. The van der Waals surface area contributed by atoms with Gasteiger partial charge in [-0.3, -0.25) is 4.98 Å². The van der Waals surface area contributed by atoms with Crippen molar-refractivity contribution in [1.29, 1.82) is 0 Å². The first-order valence-corrected chi connectivity index (χ1v) is 6.57. The van der Waals surface area contributed by atoms with Crippen molar-refractivity contribution in [2.75, 3.05) is 18.0 Å². The maximum atomic E-state index is 4.64. The molecule has 0 saturated heterocycles. The van der Waals surface area contributed by atoms with Gasteiger partial charge in [-0.1, -0.05) is 26.8 Å². The molecule has 0 amide bonds. The summed E-state index contributed by atoms with van der Waals surface area (Å²) in [6.07, 6.45) is 6.62. The maximum absolute atomic E-state index is 4.64. The van der Waals surface area contributed by atoms with E-state index >= 15 is 0 Å². The molecular formula is C14H24N4. The maximum Gasteiger partial charge on any atom is 0.147 e. The molecule has 0 spiro atoms. The Hall–Kier alpha value is -1.42. The molecule has 1 aromatic rings. The molecule has 1 heterocycles. The number of hydrogen-bond acceptors (Lipinski definition) is 4. The van der Waals surface area contributed by atoms with E-state index in [1.54, 1.807) is 0 Å². The van der Waals surface area contributed by atoms with Crippen LogP contribution in [0.2, 0.25) is 0 Å². The molecular weight excluding hydrogens is 224 g/mol. The SMILES string of the molecule is C=CCN(CCC)c1cncc(CNC(C)C)n1. The monoisotopic (exact) mass is 248 g/mol. The molecule has 0 aromatic carbocycles. The molecule has 0 bridgehead atoms. The summed E-state index contributed by atoms with van der Waals surface area (Å²) in [4.78, 5) is 11.1. The molecule has 0 aliphatic heterocycles. The lowest BCUT2D eigenvalue weighted by molar-refractivity contribution is 0.579. The van der Waals surface area contributed by atoms with E-state index in [9.17, 15) is 0 Å². The Morgan fingerprint density at radius 1 is 1.44 bits per heavy atom. The molecule has 18 heavy (non-hydrogen) atoms. The van der Waals surface area contributed by atoms with E-state index in [-0.39, 0.29) is 0 Å². The fourth-order valence-electron chi connectivity index (χ4n) is 1.67. The van der Waals surface area contributed by atoms with Gasteiger partial charge in [-0.25, -0.2) is 4.98 Å². The lowest BCUT2D eigenvalue weighted by Crippen LogP contribution is -2.27. The topological polar surface area (TPSA) is 41.1 Å². The Morgan fingerprint density at radius 3 is 2.83 bits per heavy atom. The average Bonchev–Trinajstić information content (AvgIpc) is 2.36. The molecule has 0 fully saturated rings. The van der Waals surface area contributed by atoms with E-state index in [2.05, 4.69) is 47.5 Å². The summed E-state index contributed by atoms with van der Waals surface area (Å²) in [7, 11) is 0. The fraction of sp³-hybridized carbons (Fsp3) is 0.571. The normalized spacial score (nSPS) is 10.7. The Kier molecular flexibility index (Phi) is 6.36. The Balaban J connectivity index is 2.74. The van der Waals surface area contributed by atoms with Gasteiger partial charge in [0.15, 0.2) is 0 Å². The van der Waals surface area contributed by atoms with Gasteiger partial charge in [0, 0.05) is 31.9 Å². The molecule has 0 radical (unpaired) electrons. The quantitative estimate of drug-likeness (QED) is 0.717. The third kappa shape index (κ3) is 4.84. The highest BCUT2D eigenvalue weighted by atomic mass is 15.2. The first-order chi connectivity index (χ1) is 8.67. The third-order valence-corrected chi connectivity index (χ3v) is 2.53. The molecule has 100 valence electrons. The molecule has 4 nitrogen and oxygen atoms in total. The van der Waals surface area contributed by atoms with Crippen LogP contribution in [-0.2, 0) is 6.54 Å². The average molecular weight is 248 g/mol. The van der Waals surface area contributed by atoms with E-state index in [0.717, 1.165) is 37.6 Å². The van der Waals surface area contributed by atoms with Crippen molar-refractivity contribution in [3.8, 4) is 0 Å². The van der Waals surface area contributed by atoms with Crippen LogP contribution in [0.1, 0.15) is 32.9 Å². The predicted octanol–water partition coefficient (Wildman–Crippen LogP) is 2.38. The molecule has 0 aliphatic rings. The fourth-order valence-corrected chi connectivity index (χ4v) is 1.67. The van der Waals surface area contributed by atoms with Crippen LogP contribution in [0.3, 0.4) is 0 Å². The zero-order valence-corrected chi connectivity index (χ0v) is 11.7. The Labute approximate surface area is 110 Å². The second-order valence-electron chi connectivity index (χ2n) is 4.64. The van der Waals surface area contributed by atoms with Crippen molar-refractivity contribution in [2.45, 2.75) is 39.8 Å². The largest absolute Gasteiger partial charge is 0.352 e. The zero-order chi connectivity index (χ0) is 13.4. The summed E-state index contributed by atoms with van der Waals surface area (Å²) in [5.74, 6) is 0.930. The van der Waals surface area contributed by atoms with Gasteiger partial charge in [0.1, 0.15) is 5.82 Å². The van der Waals surface area contributed by atoms with Crippen molar-refractivity contribution >= 4 is 5.82 Å². The van der Waals surface area contributed by atoms with E-state index in [0.29, 0.717) is 6.04 Å². The summed E-state index contributed by atoms with van der Waals surface area (Å²) in [6.45, 7) is 12.7. The highest BCUT2D eigenvalue weighted by Gasteiger charge is 2.07. The van der Waals surface area contributed by atoms with Gasteiger partial charge in [-0.2, -0.15) is 0 Å². The summed E-state index contributed by atoms with van der Waals surface area (Å²) < 4.78 is 0. The third-order valence-electron chi connectivity index (χ3n) is 2.53. The number of anilines is 1. The number of nitrogens with zero attached hydrogens (tertiary/aromatic N) is 3. The minimum Gasteiger partial charge on any atom is -0.352 e. The van der Waals surface area contributed by atoms with Crippen molar-refractivity contribution in [1.82, 2.24) is 15.3 Å². The smallest absolute Gasteiger partial charge is 0.147 e. The van der Waals surface area contributed by atoms with E-state index in [1.807, 2.05) is 18.5 Å². The van der Waals surface area contributed by atoms with Crippen LogP contribution in [0.5, 0.6) is 0 Å². The van der Waals surface area contributed by atoms with Crippen LogP contribution in [0.25, 0.3) is 0 Å². The lowest BCUT2D eigenvalue weighted by Gasteiger charge is -2.21. The van der Waals surface area contributed by atoms with Gasteiger partial charge in [0.05, 0.1) is 11.9 Å². The van der Waals surface area contributed by atoms with Gasteiger partial charge in [-0.15, -0.1) is 6.58 Å². The standard InChI is InChI=1S/C14H24N4/c1-5-7-18(8-6-2)14-11-15-9-13(17-14)10-16-12(3)4/h5,9,11-12,16H,1,6-8,10H2,2-4H3. The summed E-state index contributed by atoms with van der Waals surface area (Å²) >= 11 is 0. The van der Waals surface area contributed by atoms with E-state index < -0.39 is 0 Å². The van der Waals surface area contributed by atoms with Crippen molar-refractivity contribution in [2.24, 2.45) is 0 Å². The Morgan fingerprint density at radius 2 is 2.22 bits per heavy atom. The number of aromatic nitrogens is 2. The van der Waals surface area contributed by atoms with Gasteiger partial charge >= 0.3 is 0 Å². The number of rotatable bonds is 8. The molecule has 4 heteroatoms. The Bertz CT molecular complexity index is 363. The molecule has 1 aromatic heterocycles. The van der Waals surface area contributed by atoms with E-state index in [4.69, 9.17) is 0 Å². The van der Waals surface area contributed by atoms with Crippen LogP contribution in [-0.4, -0.2) is 29.1 Å². The molecule has 0 unspecified atom stereocenters. The van der Waals surface area contributed by atoms with Crippen LogP contribution in [0, 0.1) is 0 Å². The highest BCUT2D eigenvalue weighted by molar-refractivity contribution is 5.37. The molecule has 1 rings (SSSR count). The van der Waals surface area contributed by atoms with Gasteiger partial charge in [0.25, 0.3) is 0 Å². The summed E-state index contributed by atoms with van der Waals surface area (Å²) in [6, 6.07) is 0.454. The van der Waals surface area contributed by atoms with Gasteiger partial charge in [-0.05, 0) is 6.42 Å². The minimum atomic E-state index is 0.454. The van der Waals surface area contributed by atoms with Crippen molar-refractivity contribution in [3.63, 3.8) is 0 Å². The summed E-state index contributed by atoms with van der Waals surface area (Å²) in [5, 5.41) is 3.35. The minimum absolute atomic E-state index is 0.454. The van der Waals surface area contributed by atoms with Gasteiger partial charge < -0.3 is 10.2 Å². The van der Waals surface area contributed by atoms with Crippen molar-refractivity contribution < 1.29 is 0 Å². The first-order valence-electron chi connectivity index (χ1n) is 6.57. The molecule has 0 saturated carbocycles. The van der Waals surface area contributed by atoms with Crippen molar-refractivity contribution in [3.05, 3.63) is 30.7 Å². The first kappa shape index (κ1) is 14.6. The zero-order valence-electron chi connectivity index (χ0n) is 11.7. The second-order valence-corrected chi connectivity index (χ2v) is 4.64. The van der Waals surface area contributed by atoms with E-state index in [1.165, 1.54) is 0 Å². The molecule has 0 aliphatic carbocycles. The number of hydrogen-bond donors (Lipinski definition) is 1. The van der Waals surface area contributed by atoms with Crippen LogP contribution in [0.4, 0.5) is 5.82 Å². The van der Waals surface area contributed by atoms with Crippen LogP contribution < -0.4 is 10.2 Å². The number of nitrogens with one attached hydrogen (secondary N) is 1. The van der Waals surface area contributed by atoms with Gasteiger partial charge in [0.2, 0.25) is 0 Å². The lowest BCUT2D eigenvalue weighted by atomic mass is 10.3. The molecule has 0 atom stereocenters. The highest BCUT2D eigenvalue weighted by Crippen LogP contribution is 2.10.